The van der Waals surface area contributed by atoms with Crippen molar-refractivity contribution in [1.29, 1.82) is 0 Å². The smallest absolute Gasteiger partial charge is 0.284 e. The molecule has 0 bridgehead atoms. The lowest BCUT2D eigenvalue weighted by molar-refractivity contribution is 0.0714. The monoisotopic (exact) mass is 496 g/mol. The van der Waals surface area contributed by atoms with E-state index < -0.39 is 6.04 Å². The van der Waals surface area contributed by atoms with Crippen molar-refractivity contribution in [3.63, 3.8) is 0 Å². The van der Waals surface area contributed by atoms with E-state index in [2.05, 4.69) is 36.3 Å². The Kier molecular flexibility index (Phi) is 6.93. The lowest BCUT2D eigenvalue weighted by atomic mass is 9.98. The number of hydrogen-bond donors (Lipinski definition) is 2. The molecule has 1 amide bonds. The number of thiophene rings is 1. The summed E-state index contributed by atoms with van der Waals surface area (Å²) in [5, 5.41) is 20.3. The van der Waals surface area contributed by atoms with E-state index in [-0.39, 0.29) is 11.7 Å². The van der Waals surface area contributed by atoms with Gasteiger partial charge in [-0.05, 0) is 35.4 Å². The molecule has 2 aromatic heterocycles. The zero-order valence-electron chi connectivity index (χ0n) is 20.3. The van der Waals surface area contributed by atoms with E-state index in [1.54, 1.807) is 24.5 Å². The van der Waals surface area contributed by atoms with Gasteiger partial charge in [-0.25, -0.2) is 5.01 Å². The zero-order chi connectivity index (χ0) is 25.1. The summed E-state index contributed by atoms with van der Waals surface area (Å²) in [6.45, 7) is 5.01. The van der Waals surface area contributed by atoms with Gasteiger partial charge >= 0.3 is 0 Å². The first kappa shape index (κ1) is 23.9. The molecule has 36 heavy (non-hydrogen) atoms. The number of rotatable bonds is 7. The van der Waals surface area contributed by atoms with Gasteiger partial charge in [-0.1, -0.05) is 62.4 Å². The van der Waals surface area contributed by atoms with Crippen LogP contribution in [0.3, 0.4) is 0 Å². The van der Waals surface area contributed by atoms with Crippen LogP contribution in [0.1, 0.15) is 52.7 Å². The number of hydrogen-bond acceptors (Lipinski definition) is 6. The fourth-order valence-corrected chi connectivity index (χ4v) is 5.36. The summed E-state index contributed by atoms with van der Waals surface area (Å²) < 4.78 is 0. The van der Waals surface area contributed by atoms with Crippen LogP contribution in [0, 0.1) is 0 Å². The van der Waals surface area contributed by atoms with E-state index in [4.69, 9.17) is 5.10 Å². The number of phenolic OH excluding ortho intramolecular Hbond substituents is 1. The minimum absolute atomic E-state index is 0.154. The van der Waals surface area contributed by atoms with Crippen molar-refractivity contribution in [2.45, 2.75) is 38.9 Å². The van der Waals surface area contributed by atoms with Gasteiger partial charge < -0.3 is 10.4 Å². The molecule has 0 radical (unpaired) electrons. The molecule has 0 aliphatic carbocycles. The van der Waals surface area contributed by atoms with Gasteiger partial charge in [0.1, 0.15) is 5.75 Å². The topological polar surface area (TPSA) is 77.8 Å². The van der Waals surface area contributed by atoms with Crippen LogP contribution in [0.4, 0.5) is 0 Å². The van der Waals surface area contributed by atoms with Crippen molar-refractivity contribution < 1.29 is 9.90 Å². The Labute approximate surface area is 215 Å². The molecular formula is C29H28N4O2S. The molecule has 182 valence electrons. The van der Waals surface area contributed by atoms with Gasteiger partial charge in [0.15, 0.2) is 0 Å². The Hall–Kier alpha value is -3.81. The first-order valence-corrected chi connectivity index (χ1v) is 12.8. The number of benzene rings is 2. The minimum atomic E-state index is -0.401. The van der Waals surface area contributed by atoms with Crippen molar-refractivity contribution in [2.75, 3.05) is 0 Å². The summed E-state index contributed by atoms with van der Waals surface area (Å²) >= 11 is 1.46. The Balaban J connectivity index is 1.48. The summed E-state index contributed by atoms with van der Waals surface area (Å²) in [7, 11) is 0. The molecule has 1 aliphatic rings. The number of aromatic nitrogens is 1. The lowest BCUT2D eigenvalue weighted by Crippen LogP contribution is -2.26. The predicted molar refractivity (Wildman–Crippen MR) is 144 cm³/mol. The SMILES string of the molecule is CC(C)NCc1ccccc1-c1ccc(C(=O)N2N=C(c3cccnc3)CC2c2ccccc2O)s1. The number of nitrogens with one attached hydrogen (secondary N) is 1. The molecule has 1 atom stereocenters. The first-order valence-electron chi connectivity index (χ1n) is 12.0. The predicted octanol–water partition coefficient (Wildman–Crippen LogP) is 6.01. The number of nitrogens with zero attached hydrogens (tertiary/aromatic N) is 3. The maximum absolute atomic E-state index is 13.8. The van der Waals surface area contributed by atoms with Gasteiger partial charge in [0.05, 0.1) is 16.6 Å². The van der Waals surface area contributed by atoms with Crippen LogP contribution in [-0.2, 0) is 6.54 Å². The largest absolute Gasteiger partial charge is 0.508 e. The molecule has 4 aromatic rings. The fraction of sp³-hybridized carbons (Fsp3) is 0.207. The molecule has 7 heteroatoms. The van der Waals surface area contributed by atoms with Crippen LogP contribution in [0.15, 0.2) is 90.3 Å². The van der Waals surface area contributed by atoms with Gasteiger partial charge in [-0.15, -0.1) is 11.3 Å². The standard InChI is InChI=1S/C29H28N4O2S/c1-19(2)31-18-20-8-3-4-10-22(20)27-13-14-28(36-27)29(35)33-25(23-11-5-6-12-26(23)34)16-24(32-33)21-9-7-15-30-17-21/h3-15,17,19,25,31,34H,16,18H2,1-2H3. The second kappa shape index (κ2) is 10.4. The second-order valence-electron chi connectivity index (χ2n) is 9.07. The Morgan fingerprint density at radius 3 is 2.67 bits per heavy atom. The number of para-hydroxylation sites is 1. The number of pyridine rings is 1. The summed E-state index contributed by atoms with van der Waals surface area (Å²) in [6.07, 6.45) is 3.96. The zero-order valence-corrected chi connectivity index (χ0v) is 21.1. The number of phenols is 1. The summed E-state index contributed by atoms with van der Waals surface area (Å²) in [5.41, 5.74) is 4.62. The number of carbonyl (C=O) groups excluding carboxylic acids is 1. The van der Waals surface area contributed by atoms with Crippen molar-refractivity contribution in [3.05, 3.63) is 107 Å². The lowest BCUT2D eigenvalue weighted by Gasteiger charge is -2.22. The Morgan fingerprint density at radius 2 is 1.89 bits per heavy atom. The van der Waals surface area contributed by atoms with Crippen molar-refractivity contribution in [1.82, 2.24) is 15.3 Å². The van der Waals surface area contributed by atoms with Crippen LogP contribution in [0.25, 0.3) is 10.4 Å². The molecule has 0 fully saturated rings. The highest BCUT2D eigenvalue weighted by molar-refractivity contribution is 7.17. The Bertz CT molecular complexity index is 1400. The third kappa shape index (κ3) is 4.94. The fourth-order valence-electron chi connectivity index (χ4n) is 4.36. The molecule has 0 saturated carbocycles. The van der Waals surface area contributed by atoms with Crippen molar-refractivity contribution >= 4 is 23.0 Å². The average molecular weight is 497 g/mol. The quantitative estimate of drug-likeness (QED) is 0.329. The second-order valence-corrected chi connectivity index (χ2v) is 10.2. The molecule has 5 rings (SSSR count). The van der Waals surface area contributed by atoms with Crippen molar-refractivity contribution in [2.24, 2.45) is 5.10 Å². The third-order valence-corrected chi connectivity index (χ3v) is 7.32. The van der Waals surface area contributed by atoms with E-state index in [1.807, 2.05) is 48.5 Å². The van der Waals surface area contributed by atoms with Crippen LogP contribution < -0.4 is 5.32 Å². The first-order chi connectivity index (χ1) is 17.5. The summed E-state index contributed by atoms with van der Waals surface area (Å²) in [6, 6.07) is 23.1. The van der Waals surface area contributed by atoms with Crippen LogP contribution in [-0.4, -0.2) is 32.8 Å². The van der Waals surface area contributed by atoms with E-state index in [9.17, 15) is 9.90 Å². The molecule has 1 aliphatic heterocycles. The summed E-state index contributed by atoms with van der Waals surface area (Å²) in [4.78, 5) is 19.6. The number of hydrazone groups is 1. The third-order valence-electron chi connectivity index (χ3n) is 6.21. The molecule has 3 heterocycles. The molecule has 6 nitrogen and oxygen atoms in total. The van der Waals surface area contributed by atoms with Gasteiger partial charge in [0, 0.05) is 47.4 Å². The van der Waals surface area contributed by atoms with Crippen LogP contribution >= 0.6 is 11.3 Å². The highest BCUT2D eigenvalue weighted by Crippen LogP contribution is 2.39. The van der Waals surface area contributed by atoms with Crippen LogP contribution in [0.5, 0.6) is 5.75 Å². The summed E-state index contributed by atoms with van der Waals surface area (Å²) in [5.74, 6) is -0.0300. The normalized spacial score (nSPS) is 15.4. The molecule has 2 N–H and O–H groups in total. The van der Waals surface area contributed by atoms with Gasteiger partial charge in [-0.2, -0.15) is 5.10 Å². The maximum atomic E-state index is 13.8. The van der Waals surface area contributed by atoms with Gasteiger partial charge in [-0.3, -0.25) is 9.78 Å². The molecule has 2 aromatic carbocycles. The molecular weight excluding hydrogens is 468 g/mol. The average Bonchev–Trinajstić information content (AvgIpc) is 3.56. The van der Waals surface area contributed by atoms with Gasteiger partial charge in [0.25, 0.3) is 5.91 Å². The minimum Gasteiger partial charge on any atom is -0.508 e. The molecule has 0 saturated heterocycles. The number of aromatic hydroxyl groups is 1. The number of carbonyl (C=O) groups is 1. The van der Waals surface area contributed by atoms with E-state index in [0.29, 0.717) is 22.9 Å². The molecule has 0 spiro atoms. The highest BCUT2D eigenvalue weighted by Gasteiger charge is 2.35. The van der Waals surface area contributed by atoms with E-state index in [1.165, 1.54) is 21.9 Å². The number of amides is 1. The van der Waals surface area contributed by atoms with E-state index >= 15 is 0 Å². The Morgan fingerprint density at radius 1 is 1.08 bits per heavy atom. The van der Waals surface area contributed by atoms with Crippen molar-refractivity contribution in [3.8, 4) is 16.2 Å². The van der Waals surface area contributed by atoms with Crippen LogP contribution in [0.2, 0.25) is 0 Å². The highest BCUT2D eigenvalue weighted by atomic mass is 32.1. The van der Waals surface area contributed by atoms with E-state index in [0.717, 1.165) is 28.3 Å². The van der Waals surface area contributed by atoms with Gasteiger partial charge in [0.2, 0.25) is 0 Å². The maximum Gasteiger partial charge on any atom is 0.284 e. The molecule has 1 unspecified atom stereocenters.